The monoisotopic (exact) mass is 188 g/mol. The molecule has 74 valence electrons. The van der Waals surface area contributed by atoms with Gasteiger partial charge in [0, 0.05) is 13.1 Å². The Bertz CT molecular complexity index is 344. The van der Waals surface area contributed by atoms with Crippen molar-refractivity contribution in [3.8, 4) is 0 Å². The first kappa shape index (κ1) is 9.13. The molecule has 0 saturated carbocycles. The SMILES string of the molecule is C=CCCN1CCc2cccc(N)c21. The van der Waals surface area contributed by atoms with E-state index in [1.54, 1.807) is 0 Å². The summed E-state index contributed by atoms with van der Waals surface area (Å²) in [7, 11) is 0. The van der Waals surface area contributed by atoms with E-state index in [-0.39, 0.29) is 0 Å². The predicted molar refractivity (Wildman–Crippen MR) is 61.6 cm³/mol. The molecule has 2 heteroatoms. The molecule has 1 heterocycles. The van der Waals surface area contributed by atoms with Gasteiger partial charge in [0.2, 0.25) is 0 Å². The zero-order valence-corrected chi connectivity index (χ0v) is 8.37. The lowest BCUT2D eigenvalue weighted by Gasteiger charge is -2.19. The number of rotatable bonds is 3. The smallest absolute Gasteiger partial charge is 0.0633 e. The van der Waals surface area contributed by atoms with Crippen molar-refractivity contribution in [1.29, 1.82) is 0 Å². The first-order chi connectivity index (χ1) is 6.83. The lowest BCUT2D eigenvalue weighted by Crippen LogP contribution is -2.22. The molecule has 0 unspecified atom stereocenters. The molecule has 0 bridgehead atoms. The first-order valence-corrected chi connectivity index (χ1v) is 5.06. The van der Waals surface area contributed by atoms with E-state index < -0.39 is 0 Å². The van der Waals surface area contributed by atoms with E-state index in [1.807, 2.05) is 18.2 Å². The van der Waals surface area contributed by atoms with Gasteiger partial charge in [0.05, 0.1) is 11.4 Å². The normalized spacial score (nSPS) is 14.1. The zero-order valence-electron chi connectivity index (χ0n) is 8.37. The Morgan fingerprint density at radius 1 is 1.50 bits per heavy atom. The van der Waals surface area contributed by atoms with Crippen molar-refractivity contribution in [3.63, 3.8) is 0 Å². The van der Waals surface area contributed by atoms with E-state index >= 15 is 0 Å². The van der Waals surface area contributed by atoms with Gasteiger partial charge in [-0.3, -0.25) is 0 Å². The largest absolute Gasteiger partial charge is 0.397 e. The van der Waals surface area contributed by atoms with Gasteiger partial charge in [0.15, 0.2) is 0 Å². The molecule has 14 heavy (non-hydrogen) atoms. The van der Waals surface area contributed by atoms with Crippen molar-refractivity contribution in [2.75, 3.05) is 23.7 Å². The summed E-state index contributed by atoms with van der Waals surface area (Å²) in [6.07, 6.45) is 4.10. The summed E-state index contributed by atoms with van der Waals surface area (Å²) in [4.78, 5) is 2.35. The molecule has 1 aromatic rings. The highest BCUT2D eigenvalue weighted by molar-refractivity contribution is 5.74. The first-order valence-electron chi connectivity index (χ1n) is 5.06. The van der Waals surface area contributed by atoms with E-state index in [0.29, 0.717) is 0 Å². The fraction of sp³-hybridized carbons (Fsp3) is 0.333. The molecule has 0 fully saturated rings. The Kier molecular flexibility index (Phi) is 2.44. The van der Waals surface area contributed by atoms with Crippen LogP contribution in [0.3, 0.4) is 0 Å². The summed E-state index contributed by atoms with van der Waals surface area (Å²) >= 11 is 0. The Morgan fingerprint density at radius 2 is 2.36 bits per heavy atom. The molecule has 2 nitrogen and oxygen atoms in total. The molecular formula is C12H16N2. The van der Waals surface area contributed by atoms with Crippen LogP contribution in [-0.2, 0) is 6.42 Å². The van der Waals surface area contributed by atoms with Crippen LogP contribution in [0.5, 0.6) is 0 Å². The van der Waals surface area contributed by atoms with Crippen molar-refractivity contribution in [1.82, 2.24) is 0 Å². The molecule has 0 spiro atoms. The van der Waals surface area contributed by atoms with Gasteiger partial charge in [-0.05, 0) is 24.5 Å². The minimum Gasteiger partial charge on any atom is -0.397 e. The topological polar surface area (TPSA) is 29.3 Å². The number of benzene rings is 1. The summed E-state index contributed by atoms with van der Waals surface area (Å²) in [6.45, 7) is 5.87. The third-order valence-electron chi connectivity index (χ3n) is 2.72. The second kappa shape index (κ2) is 3.74. The van der Waals surface area contributed by atoms with Gasteiger partial charge in [-0.15, -0.1) is 6.58 Å². The molecule has 0 saturated heterocycles. The number of hydrogen-bond acceptors (Lipinski definition) is 2. The zero-order chi connectivity index (χ0) is 9.97. The fourth-order valence-electron chi connectivity index (χ4n) is 2.04. The third-order valence-corrected chi connectivity index (χ3v) is 2.72. The standard InChI is InChI=1S/C12H16N2/c1-2-3-8-14-9-7-10-5-4-6-11(13)12(10)14/h2,4-6H,1,3,7-9,13H2. The van der Waals surface area contributed by atoms with Gasteiger partial charge in [-0.1, -0.05) is 18.2 Å². The summed E-state index contributed by atoms with van der Waals surface area (Å²) in [6, 6.07) is 6.18. The Balaban J connectivity index is 2.24. The Hall–Kier alpha value is -1.44. The van der Waals surface area contributed by atoms with Gasteiger partial charge in [0.25, 0.3) is 0 Å². The minimum atomic E-state index is 0.907. The van der Waals surface area contributed by atoms with Crippen LogP contribution in [0.2, 0.25) is 0 Å². The van der Waals surface area contributed by atoms with Gasteiger partial charge in [-0.25, -0.2) is 0 Å². The molecule has 2 rings (SSSR count). The average Bonchev–Trinajstić information content (AvgIpc) is 2.59. The summed E-state index contributed by atoms with van der Waals surface area (Å²) < 4.78 is 0. The second-order valence-corrected chi connectivity index (χ2v) is 3.67. The van der Waals surface area contributed by atoms with Crippen LogP contribution in [0, 0.1) is 0 Å². The van der Waals surface area contributed by atoms with Crippen molar-refractivity contribution >= 4 is 11.4 Å². The van der Waals surface area contributed by atoms with Gasteiger partial charge >= 0.3 is 0 Å². The maximum Gasteiger partial charge on any atom is 0.0633 e. The second-order valence-electron chi connectivity index (χ2n) is 3.67. The van der Waals surface area contributed by atoms with Crippen molar-refractivity contribution in [2.24, 2.45) is 0 Å². The quantitative estimate of drug-likeness (QED) is 0.582. The van der Waals surface area contributed by atoms with Gasteiger partial charge in [0.1, 0.15) is 0 Å². The predicted octanol–water partition coefficient (Wildman–Crippen LogP) is 2.21. The average molecular weight is 188 g/mol. The lowest BCUT2D eigenvalue weighted by atomic mass is 10.1. The van der Waals surface area contributed by atoms with Gasteiger partial charge in [-0.2, -0.15) is 0 Å². The Morgan fingerprint density at radius 3 is 3.14 bits per heavy atom. The molecule has 1 aliphatic rings. The van der Waals surface area contributed by atoms with E-state index in [4.69, 9.17) is 5.73 Å². The lowest BCUT2D eigenvalue weighted by molar-refractivity contribution is 0.828. The van der Waals surface area contributed by atoms with Crippen molar-refractivity contribution in [3.05, 3.63) is 36.4 Å². The van der Waals surface area contributed by atoms with E-state index in [2.05, 4.69) is 17.5 Å². The molecule has 1 aromatic carbocycles. The maximum atomic E-state index is 5.97. The molecule has 2 N–H and O–H groups in total. The number of anilines is 2. The number of fused-ring (bicyclic) bond motifs is 1. The number of nitrogens with two attached hydrogens (primary N) is 1. The summed E-state index contributed by atoms with van der Waals surface area (Å²) in [5, 5.41) is 0. The minimum absolute atomic E-state index is 0.907. The van der Waals surface area contributed by atoms with Crippen molar-refractivity contribution < 1.29 is 0 Å². The van der Waals surface area contributed by atoms with E-state index in [9.17, 15) is 0 Å². The van der Waals surface area contributed by atoms with Crippen LogP contribution < -0.4 is 10.6 Å². The van der Waals surface area contributed by atoms with Crippen molar-refractivity contribution in [2.45, 2.75) is 12.8 Å². The van der Waals surface area contributed by atoms with Gasteiger partial charge < -0.3 is 10.6 Å². The molecule has 0 atom stereocenters. The Labute approximate surface area is 85.0 Å². The summed E-state index contributed by atoms with van der Waals surface area (Å²) in [5.41, 5.74) is 9.50. The van der Waals surface area contributed by atoms with E-state index in [0.717, 1.165) is 31.6 Å². The van der Waals surface area contributed by atoms with Crippen LogP contribution in [0.1, 0.15) is 12.0 Å². The molecule has 0 aromatic heterocycles. The third kappa shape index (κ3) is 1.48. The highest BCUT2D eigenvalue weighted by Crippen LogP contribution is 2.33. The van der Waals surface area contributed by atoms with Crippen LogP contribution in [0.15, 0.2) is 30.9 Å². The highest BCUT2D eigenvalue weighted by atomic mass is 15.2. The molecule has 0 aliphatic carbocycles. The van der Waals surface area contributed by atoms with Crippen LogP contribution in [0.4, 0.5) is 11.4 Å². The number of nitrogen functional groups attached to an aromatic ring is 1. The molecule has 0 radical (unpaired) electrons. The number of nitrogens with zero attached hydrogens (tertiary/aromatic N) is 1. The molecular weight excluding hydrogens is 172 g/mol. The highest BCUT2D eigenvalue weighted by Gasteiger charge is 2.19. The number of para-hydroxylation sites is 1. The number of hydrogen-bond donors (Lipinski definition) is 1. The maximum absolute atomic E-state index is 5.97. The van der Waals surface area contributed by atoms with Crippen LogP contribution in [-0.4, -0.2) is 13.1 Å². The fourth-order valence-corrected chi connectivity index (χ4v) is 2.04. The summed E-state index contributed by atoms with van der Waals surface area (Å²) in [5.74, 6) is 0. The van der Waals surface area contributed by atoms with E-state index in [1.165, 1.54) is 11.3 Å². The molecule has 0 amide bonds. The van der Waals surface area contributed by atoms with Crippen LogP contribution >= 0.6 is 0 Å². The molecule has 1 aliphatic heterocycles. The van der Waals surface area contributed by atoms with Crippen LogP contribution in [0.25, 0.3) is 0 Å².